The summed E-state index contributed by atoms with van der Waals surface area (Å²) >= 11 is 0. The van der Waals surface area contributed by atoms with Crippen molar-refractivity contribution in [3.05, 3.63) is 59.9 Å². The van der Waals surface area contributed by atoms with Gasteiger partial charge in [0.15, 0.2) is 5.69 Å². The maximum Gasteiger partial charge on any atom is 0.434 e. The summed E-state index contributed by atoms with van der Waals surface area (Å²) in [6.07, 6.45) is 0.485. The number of nitrogens with one attached hydrogen (secondary N) is 2. The highest BCUT2D eigenvalue weighted by Crippen LogP contribution is 2.30. The highest BCUT2D eigenvalue weighted by Gasteiger charge is 2.34. The Morgan fingerprint density at radius 2 is 1.69 bits per heavy atom. The minimum Gasteiger partial charge on any atom is -0.368 e. The van der Waals surface area contributed by atoms with E-state index in [2.05, 4.69) is 15.6 Å². The van der Waals surface area contributed by atoms with E-state index in [1.54, 1.807) is 36.4 Å². The topological polar surface area (TPSA) is 95.8 Å². The van der Waals surface area contributed by atoms with Crippen molar-refractivity contribution >= 4 is 33.1 Å². The average Bonchev–Trinajstić information content (AvgIpc) is 3.25. The van der Waals surface area contributed by atoms with Gasteiger partial charge in [-0.05, 0) is 62.1 Å². The molecule has 35 heavy (non-hydrogen) atoms. The molecule has 12 heteroatoms. The second-order valence-electron chi connectivity index (χ2n) is 8.71. The number of alkyl halides is 3. The van der Waals surface area contributed by atoms with Crippen LogP contribution >= 0.6 is 0 Å². The lowest BCUT2D eigenvalue weighted by atomic mass is 9.91. The summed E-state index contributed by atoms with van der Waals surface area (Å²) < 4.78 is 64.9. The summed E-state index contributed by atoms with van der Waals surface area (Å²) in [5.74, 6) is 0.301. The molecule has 0 bridgehead atoms. The second kappa shape index (κ2) is 9.40. The Balaban J connectivity index is 1.33. The van der Waals surface area contributed by atoms with E-state index in [0.717, 1.165) is 29.6 Å². The van der Waals surface area contributed by atoms with Gasteiger partial charge in [0.1, 0.15) is 11.5 Å². The van der Waals surface area contributed by atoms with E-state index < -0.39 is 21.9 Å². The monoisotopic (exact) mass is 509 g/mol. The number of benzene rings is 1. The van der Waals surface area contributed by atoms with Crippen LogP contribution in [0.2, 0.25) is 0 Å². The zero-order chi connectivity index (χ0) is 25.4. The summed E-state index contributed by atoms with van der Waals surface area (Å²) in [7, 11) is -1.94. The summed E-state index contributed by atoms with van der Waals surface area (Å²) in [6, 6.07) is 11.3. The molecule has 2 N–H and O–H groups in total. The van der Waals surface area contributed by atoms with Crippen LogP contribution in [0.1, 0.15) is 41.7 Å². The Labute approximate surface area is 201 Å². The number of halogens is 3. The number of imidazole rings is 1. The number of carbonyl (C=O) groups excluding carboxylic acids is 1. The number of anilines is 2. The predicted molar refractivity (Wildman–Crippen MR) is 127 cm³/mol. The van der Waals surface area contributed by atoms with E-state index in [4.69, 9.17) is 0 Å². The Hall–Kier alpha value is -3.28. The van der Waals surface area contributed by atoms with Crippen molar-refractivity contribution in [3.63, 3.8) is 0 Å². The zero-order valence-electron chi connectivity index (χ0n) is 19.2. The fourth-order valence-electron chi connectivity index (χ4n) is 4.14. The standard InChI is InChI=1S/C23H26F3N5O3S/c1-30(35(2,33)34)18-12-6-15(7-13-18)22(32)28-17-10-8-16(9-11-17)27-20-4-3-5-21-29-19(14-31(20)21)23(24,25)26/h3-7,12-14,16-17,27H,8-11H2,1-2H3,(H,28,32). The third-order valence-corrected chi connectivity index (χ3v) is 7.39. The first kappa shape index (κ1) is 24.8. The number of fused-ring (bicyclic) bond motifs is 1. The van der Waals surface area contributed by atoms with Gasteiger partial charge in [-0.15, -0.1) is 0 Å². The number of hydrogen-bond donors (Lipinski definition) is 2. The molecule has 0 spiro atoms. The molecule has 0 saturated heterocycles. The van der Waals surface area contributed by atoms with Gasteiger partial charge in [-0.2, -0.15) is 13.2 Å². The lowest BCUT2D eigenvalue weighted by molar-refractivity contribution is -0.140. The number of pyridine rings is 1. The largest absolute Gasteiger partial charge is 0.434 e. The molecule has 4 rings (SSSR count). The van der Waals surface area contributed by atoms with Crippen LogP contribution < -0.4 is 14.9 Å². The van der Waals surface area contributed by atoms with Gasteiger partial charge in [-0.25, -0.2) is 13.4 Å². The quantitative estimate of drug-likeness (QED) is 0.526. The normalized spacial score (nSPS) is 18.9. The number of nitrogens with zero attached hydrogens (tertiary/aromatic N) is 3. The Morgan fingerprint density at radius 1 is 1.06 bits per heavy atom. The third-order valence-electron chi connectivity index (χ3n) is 6.19. The molecule has 0 radical (unpaired) electrons. The van der Waals surface area contributed by atoms with Gasteiger partial charge in [0.2, 0.25) is 10.0 Å². The van der Waals surface area contributed by atoms with Crippen LogP contribution in [-0.4, -0.2) is 49.1 Å². The van der Waals surface area contributed by atoms with E-state index >= 15 is 0 Å². The number of sulfonamides is 1. The average molecular weight is 510 g/mol. The molecular formula is C23H26F3N5O3S. The molecular weight excluding hydrogens is 483 g/mol. The molecule has 2 heterocycles. The second-order valence-corrected chi connectivity index (χ2v) is 10.7. The Bertz CT molecular complexity index is 1310. The number of amides is 1. The lowest BCUT2D eigenvalue weighted by Gasteiger charge is -2.30. The number of hydrogen-bond acceptors (Lipinski definition) is 5. The molecule has 2 aromatic heterocycles. The maximum atomic E-state index is 13.0. The molecule has 0 atom stereocenters. The molecule has 1 fully saturated rings. The van der Waals surface area contributed by atoms with E-state index in [1.165, 1.54) is 17.5 Å². The van der Waals surface area contributed by atoms with E-state index in [0.29, 0.717) is 29.9 Å². The van der Waals surface area contributed by atoms with Crippen molar-refractivity contribution in [2.75, 3.05) is 22.9 Å². The predicted octanol–water partition coefficient (Wildman–Crippen LogP) is 3.90. The van der Waals surface area contributed by atoms with Crippen LogP contribution in [0.5, 0.6) is 0 Å². The molecule has 3 aromatic rings. The molecule has 1 aromatic carbocycles. The number of rotatable bonds is 6. The van der Waals surface area contributed by atoms with Crippen molar-refractivity contribution in [2.45, 2.75) is 43.9 Å². The number of carbonyl (C=O) groups is 1. The SMILES string of the molecule is CN(c1ccc(C(=O)NC2CCC(Nc3cccc4nc(C(F)(F)F)cn34)CC2)cc1)S(C)(=O)=O. The van der Waals surface area contributed by atoms with Gasteiger partial charge >= 0.3 is 6.18 Å². The van der Waals surface area contributed by atoms with Gasteiger partial charge in [-0.1, -0.05) is 6.07 Å². The highest BCUT2D eigenvalue weighted by molar-refractivity contribution is 7.92. The molecule has 1 aliphatic carbocycles. The van der Waals surface area contributed by atoms with Crippen molar-refractivity contribution < 1.29 is 26.4 Å². The van der Waals surface area contributed by atoms with Gasteiger partial charge in [-0.3, -0.25) is 13.5 Å². The van der Waals surface area contributed by atoms with Gasteiger partial charge in [0.05, 0.1) is 11.9 Å². The zero-order valence-corrected chi connectivity index (χ0v) is 20.0. The fraction of sp³-hybridized carbons (Fsp3) is 0.391. The minimum atomic E-state index is -4.51. The van der Waals surface area contributed by atoms with Gasteiger partial charge < -0.3 is 10.6 Å². The van der Waals surface area contributed by atoms with Crippen molar-refractivity contribution in [1.82, 2.24) is 14.7 Å². The van der Waals surface area contributed by atoms with Crippen molar-refractivity contribution in [3.8, 4) is 0 Å². The fourth-order valence-corrected chi connectivity index (χ4v) is 4.64. The highest BCUT2D eigenvalue weighted by atomic mass is 32.2. The summed E-state index contributed by atoms with van der Waals surface area (Å²) in [5.41, 5.74) is 0.181. The van der Waals surface area contributed by atoms with Crippen molar-refractivity contribution in [1.29, 1.82) is 0 Å². The van der Waals surface area contributed by atoms with Gasteiger partial charge in [0.25, 0.3) is 5.91 Å². The van der Waals surface area contributed by atoms with Crippen LogP contribution in [0.25, 0.3) is 5.65 Å². The molecule has 8 nitrogen and oxygen atoms in total. The third kappa shape index (κ3) is 5.69. The van der Waals surface area contributed by atoms with E-state index in [-0.39, 0.29) is 23.6 Å². The van der Waals surface area contributed by atoms with E-state index in [9.17, 15) is 26.4 Å². The molecule has 1 amide bonds. The van der Waals surface area contributed by atoms with Crippen LogP contribution in [0, 0.1) is 0 Å². The van der Waals surface area contributed by atoms with Gasteiger partial charge in [0, 0.05) is 30.9 Å². The van der Waals surface area contributed by atoms with Crippen LogP contribution in [0.3, 0.4) is 0 Å². The van der Waals surface area contributed by atoms with Crippen LogP contribution in [-0.2, 0) is 16.2 Å². The van der Waals surface area contributed by atoms with Crippen LogP contribution in [0.4, 0.5) is 24.7 Å². The minimum absolute atomic E-state index is 0.0280. The molecule has 188 valence electrons. The maximum absolute atomic E-state index is 13.0. The Kier molecular flexibility index (Phi) is 6.67. The summed E-state index contributed by atoms with van der Waals surface area (Å²) in [6.45, 7) is 0. The molecule has 1 saturated carbocycles. The van der Waals surface area contributed by atoms with Crippen molar-refractivity contribution in [2.24, 2.45) is 0 Å². The molecule has 0 unspecified atom stereocenters. The number of aromatic nitrogens is 2. The Morgan fingerprint density at radius 3 is 2.29 bits per heavy atom. The van der Waals surface area contributed by atoms with E-state index in [1.807, 2.05) is 0 Å². The lowest BCUT2D eigenvalue weighted by Crippen LogP contribution is -2.40. The molecule has 0 aliphatic heterocycles. The molecule has 1 aliphatic rings. The summed E-state index contributed by atoms with van der Waals surface area (Å²) in [4.78, 5) is 16.3. The first-order chi connectivity index (χ1) is 16.4. The smallest absolute Gasteiger partial charge is 0.368 e. The first-order valence-electron chi connectivity index (χ1n) is 11.1. The summed E-state index contributed by atoms with van der Waals surface area (Å²) in [5, 5.41) is 6.32. The van der Waals surface area contributed by atoms with Crippen LogP contribution in [0.15, 0.2) is 48.7 Å². The first-order valence-corrected chi connectivity index (χ1v) is 12.9.